The third-order valence-corrected chi connectivity index (χ3v) is 4.58. The summed E-state index contributed by atoms with van der Waals surface area (Å²) >= 11 is 18.3. The molecule has 0 aliphatic rings. The number of amides is 1. The number of rotatable bonds is 10. The highest BCUT2D eigenvalue weighted by Crippen LogP contribution is 2.29. The van der Waals surface area contributed by atoms with E-state index in [0.717, 1.165) is 0 Å². The van der Waals surface area contributed by atoms with Crippen molar-refractivity contribution >= 4 is 52.1 Å². The van der Waals surface area contributed by atoms with Crippen LogP contribution in [0.4, 0.5) is 11.4 Å². The minimum absolute atomic E-state index is 0.104. The van der Waals surface area contributed by atoms with Crippen LogP contribution in [0.5, 0.6) is 5.75 Å². The van der Waals surface area contributed by atoms with Crippen LogP contribution in [0.15, 0.2) is 36.4 Å². The van der Waals surface area contributed by atoms with Gasteiger partial charge in [0.15, 0.2) is 0 Å². The van der Waals surface area contributed by atoms with E-state index in [1.807, 2.05) is 0 Å². The molecule has 2 rings (SSSR count). The number of hydrogen-bond donors (Lipinski definition) is 4. The standard InChI is InChI=1S/C19H22Cl3N3O3/c1-12(26)25-18-6-5-14(9-17(18)22)28-11-13(27)10-23-7-8-24-19-15(20)3-2-4-16(19)21/h2-6,9,13,23-24,27H,7-8,10-11H2,1H3,(H,25,26). The van der Waals surface area contributed by atoms with Crippen LogP contribution in [0.1, 0.15) is 6.92 Å². The van der Waals surface area contributed by atoms with Crippen LogP contribution in [-0.2, 0) is 4.79 Å². The molecule has 28 heavy (non-hydrogen) atoms. The van der Waals surface area contributed by atoms with Gasteiger partial charge in [-0.15, -0.1) is 0 Å². The molecular formula is C19H22Cl3N3O3. The van der Waals surface area contributed by atoms with E-state index in [0.29, 0.717) is 51.8 Å². The zero-order valence-corrected chi connectivity index (χ0v) is 17.5. The van der Waals surface area contributed by atoms with E-state index in [-0.39, 0.29) is 12.5 Å². The summed E-state index contributed by atoms with van der Waals surface area (Å²) in [6.07, 6.45) is -0.697. The molecule has 0 fully saturated rings. The first-order valence-corrected chi connectivity index (χ1v) is 9.77. The molecule has 2 aromatic rings. The summed E-state index contributed by atoms with van der Waals surface area (Å²) in [6.45, 7) is 3.07. The van der Waals surface area contributed by atoms with Crippen LogP contribution in [0.25, 0.3) is 0 Å². The Morgan fingerprint density at radius 1 is 1.11 bits per heavy atom. The Labute approximate surface area is 179 Å². The zero-order chi connectivity index (χ0) is 20.5. The molecule has 0 bridgehead atoms. The van der Waals surface area contributed by atoms with Crippen molar-refractivity contribution in [2.75, 3.05) is 36.9 Å². The van der Waals surface area contributed by atoms with Gasteiger partial charge in [0, 0.05) is 32.6 Å². The monoisotopic (exact) mass is 445 g/mol. The van der Waals surface area contributed by atoms with Crippen molar-refractivity contribution < 1.29 is 14.6 Å². The summed E-state index contributed by atoms with van der Waals surface area (Å²) in [5.74, 6) is 0.302. The topological polar surface area (TPSA) is 82.6 Å². The normalized spacial score (nSPS) is 11.8. The number of halogens is 3. The van der Waals surface area contributed by atoms with Gasteiger partial charge < -0.3 is 25.8 Å². The van der Waals surface area contributed by atoms with E-state index in [4.69, 9.17) is 39.5 Å². The maximum atomic E-state index is 11.1. The Morgan fingerprint density at radius 2 is 1.82 bits per heavy atom. The lowest BCUT2D eigenvalue weighted by atomic mass is 10.3. The molecule has 0 saturated carbocycles. The first kappa shape index (κ1) is 22.6. The molecule has 0 aromatic heterocycles. The van der Waals surface area contributed by atoms with E-state index in [9.17, 15) is 9.90 Å². The molecule has 6 nitrogen and oxygen atoms in total. The van der Waals surface area contributed by atoms with Gasteiger partial charge in [0.1, 0.15) is 18.5 Å². The second kappa shape index (κ2) is 11.3. The lowest BCUT2D eigenvalue weighted by Gasteiger charge is -2.15. The molecule has 2 aromatic carbocycles. The van der Waals surface area contributed by atoms with Gasteiger partial charge >= 0.3 is 0 Å². The van der Waals surface area contributed by atoms with Crippen molar-refractivity contribution in [3.63, 3.8) is 0 Å². The molecule has 1 unspecified atom stereocenters. The van der Waals surface area contributed by atoms with Crippen LogP contribution in [0, 0.1) is 0 Å². The number of nitrogens with one attached hydrogen (secondary N) is 3. The molecule has 0 heterocycles. The number of anilines is 2. The lowest BCUT2D eigenvalue weighted by molar-refractivity contribution is -0.114. The molecule has 0 radical (unpaired) electrons. The van der Waals surface area contributed by atoms with Crippen LogP contribution < -0.4 is 20.7 Å². The van der Waals surface area contributed by atoms with Crippen molar-refractivity contribution in [2.24, 2.45) is 0 Å². The number of hydrogen-bond acceptors (Lipinski definition) is 5. The molecule has 4 N–H and O–H groups in total. The Hall–Kier alpha value is -1.70. The van der Waals surface area contributed by atoms with Gasteiger partial charge in [-0.1, -0.05) is 40.9 Å². The largest absolute Gasteiger partial charge is 0.491 e. The van der Waals surface area contributed by atoms with Crippen LogP contribution in [0.2, 0.25) is 15.1 Å². The van der Waals surface area contributed by atoms with Crippen molar-refractivity contribution in [1.82, 2.24) is 5.32 Å². The average molecular weight is 447 g/mol. The van der Waals surface area contributed by atoms with Crippen molar-refractivity contribution in [1.29, 1.82) is 0 Å². The molecule has 1 amide bonds. The third kappa shape index (κ3) is 7.37. The summed E-state index contributed by atoms with van der Waals surface area (Å²) in [5.41, 5.74) is 1.20. The average Bonchev–Trinajstić information content (AvgIpc) is 2.63. The summed E-state index contributed by atoms with van der Waals surface area (Å²) in [4.78, 5) is 11.1. The van der Waals surface area contributed by atoms with Gasteiger partial charge in [0.05, 0.1) is 26.4 Å². The first-order valence-electron chi connectivity index (χ1n) is 8.63. The SMILES string of the molecule is CC(=O)Nc1ccc(OCC(O)CNCCNc2c(Cl)cccc2Cl)cc1Cl. The fraction of sp³-hybridized carbons (Fsp3) is 0.316. The number of aliphatic hydroxyl groups is 1. The van der Waals surface area contributed by atoms with Gasteiger partial charge in [-0.05, 0) is 24.3 Å². The van der Waals surface area contributed by atoms with Crippen molar-refractivity contribution in [2.45, 2.75) is 13.0 Å². The van der Waals surface area contributed by atoms with E-state index in [1.165, 1.54) is 6.92 Å². The fourth-order valence-corrected chi connectivity index (χ4v) is 3.09. The number of benzene rings is 2. The minimum Gasteiger partial charge on any atom is -0.491 e. The van der Waals surface area contributed by atoms with Gasteiger partial charge in [-0.2, -0.15) is 0 Å². The molecular weight excluding hydrogens is 425 g/mol. The zero-order valence-electron chi connectivity index (χ0n) is 15.3. The van der Waals surface area contributed by atoms with Gasteiger partial charge in [-0.25, -0.2) is 0 Å². The fourth-order valence-electron chi connectivity index (χ4n) is 2.34. The summed E-state index contributed by atoms with van der Waals surface area (Å²) in [7, 11) is 0. The maximum Gasteiger partial charge on any atom is 0.221 e. The Morgan fingerprint density at radius 3 is 2.46 bits per heavy atom. The smallest absolute Gasteiger partial charge is 0.221 e. The summed E-state index contributed by atoms with van der Waals surface area (Å²) in [6, 6.07) is 10.2. The number of para-hydroxylation sites is 1. The third-order valence-electron chi connectivity index (χ3n) is 3.64. The highest BCUT2D eigenvalue weighted by atomic mass is 35.5. The highest BCUT2D eigenvalue weighted by Gasteiger charge is 2.08. The minimum atomic E-state index is -0.697. The second-order valence-corrected chi connectivity index (χ2v) is 7.24. The Balaban J connectivity index is 1.67. The summed E-state index contributed by atoms with van der Waals surface area (Å²) < 4.78 is 5.53. The Kier molecular flexibility index (Phi) is 9.15. The van der Waals surface area contributed by atoms with Gasteiger partial charge in [0.25, 0.3) is 0 Å². The van der Waals surface area contributed by atoms with Crippen LogP contribution in [-0.4, -0.2) is 43.4 Å². The highest BCUT2D eigenvalue weighted by molar-refractivity contribution is 6.39. The molecule has 1 atom stereocenters. The van der Waals surface area contributed by atoms with Gasteiger partial charge in [-0.3, -0.25) is 4.79 Å². The van der Waals surface area contributed by atoms with E-state index >= 15 is 0 Å². The van der Waals surface area contributed by atoms with Crippen LogP contribution in [0.3, 0.4) is 0 Å². The molecule has 0 aliphatic carbocycles. The van der Waals surface area contributed by atoms with Crippen molar-refractivity contribution in [3.8, 4) is 5.75 Å². The predicted octanol–water partition coefficient (Wildman–Crippen LogP) is 4.05. The number of carbonyl (C=O) groups excluding carboxylic acids is 1. The number of carbonyl (C=O) groups is 1. The number of aliphatic hydroxyl groups excluding tert-OH is 1. The van der Waals surface area contributed by atoms with Gasteiger partial charge in [0.2, 0.25) is 5.91 Å². The molecule has 152 valence electrons. The molecule has 0 spiro atoms. The molecule has 9 heteroatoms. The Bertz CT molecular complexity index is 785. The molecule has 0 saturated heterocycles. The second-order valence-electron chi connectivity index (χ2n) is 6.02. The lowest BCUT2D eigenvalue weighted by Crippen LogP contribution is -2.34. The van der Waals surface area contributed by atoms with E-state index in [1.54, 1.807) is 36.4 Å². The maximum absolute atomic E-state index is 11.1. The first-order chi connectivity index (χ1) is 13.4. The van der Waals surface area contributed by atoms with Crippen molar-refractivity contribution in [3.05, 3.63) is 51.5 Å². The summed E-state index contributed by atoms with van der Waals surface area (Å²) in [5, 5.41) is 20.4. The number of ether oxygens (including phenoxy) is 1. The van der Waals surface area contributed by atoms with E-state index < -0.39 is 6.10 Å². The van der Waals surface area contributed by atoms with Crippen LogP contribution >= 0.6 is 34.8 Å². The predicted molar refractivity (Wildman–Crippen MR) is 115 cm³/mol. The molecule has 0 aliphatic heterocycles. The quantitative estimate of drug-likeness (QED) is 0.414. The van der Waals surface area contributed by atoms with E-state index in [2.05, 4.69) is 16.0 Å².